The van der Waals surface area contributed by atoms with Crippen molar-refractivity contribution in [1.29, 1.82) is 0 Å². The van der Waals surface area contributed by atoms with Gasteiger partial charge in [0.15, 0.2) is 0 Å². The molecule has 1 unspecified atom stereocenters. The third-order valence-electron chi connectivity index (χ3n) is 5.46. The second-order valence-electron chi connectivity index (χ2n) is 7.60. The Morgan fingerprint density at radius 3 is 2.83 bits per heavy atom. The van der Waals surface area contributed by atoms with E-state index in [4.69, 9.17) is 20.8 Å². The first-order valence-corrected chi connectivity index (χ1v) is 10.6. The van der Waals surface area contributed by atoms with Crippen molar-refractivity contribution >= 4 is 17.5 Å². The van der Waals surface area contributed by atoms with Crippen LogP contribution in [0, 0.1) is 0 Å². The van der Waals surface area contributed by atoms with E-state index >= 15 is 0 Å². The number of carbonyl (C=O) groups is 1. The van der Waals surface area contributed by atoms with Gasteiger partial charge in [-0.05, 0) is 54.7 Å². The normalized spacial score (nSPS) is 16.5. The SMILES string of the molecule is COc1cccc(CC(=O)N2CCCCC2c2ncc(Cc3ccc(Cl)cc3)o2)c1. The molecular formula is C24H25ClN2O3. The molecule has 0 radical (unpaired) electrons. The number of halogens is 1. The van der Waals surface area contributed by atoms with Gasteiger partial charge in [0, 0.05) is 18.0 Å². The van der Waals surface area contributed by atoms with E-state index in [2.05, 4.69) is 4.98 Å². The van der Waals surface area contributed by atoms with Gasteiger partial charge in [0.1, 0.15) is 17.6 Å². The lowest BCUT2D eigenvalue weighted by molar-refractivity contribution is -0.134. The molecule has 6 heteroatoms. The molecule has 1 atom stereocenters. The van der Waals surface area contributed by atoms with Crippen LogP contribution in [0.1, 0.15) is 48.1 Å². The van der Waals surface area contributed by atoms with E-state index in [0.29, 0.717) is 23.8 Å². The molecule has 0 bridgehead atoms. The molecule has 156 valence electrons. The molecule has 0 saturated carbocycles. The zero-order valence-corrected chi connectivity index (χ0v) is 17.8. The van der Waals surface area contributed by atoms with Crippen LogP contribution < -0.4 is 4.74 Å². The van der Waals surface area contributed by atoms with Crippen molar-refractivity contribution in [1.82, 2.24) is 9.88 Å². The summed E-state index contributed by atoms with van der Waals surface area (Å²) in [5.41, 5.74) is 2.05. The van der Waals surface area contributed by atoms with Gasteiger partial charge in [-0.15, -0.1) is 0 Å². The molecule has 1 aliphatic rings. The summed E-state index contributed by atoms with van der Waals surface area (Å²) >= 11 is 5.96. The summed E-state index contributed by atoms with van der Waals surface area (Å²) in [6, 6.07) is 15.2. The van der Waals surface area contributed by atoms with Crippen LogP contribution in [0.15, 0.2) is 59.1 Å². The molecule has 1 fully saturated rings. The Kier molecular flexibility index (Phi) is 6.38. The van der Waals surface area contributed by atoms with Gasteiger partial charge in [0.25, 0.3) is 0 Å². The molecule has 30 heavy (non-hydrogen) atoms. The highest BCUT2D eigenvalue weighted by Crippen LogP contribution is 2.31. The number of benzene rings is 2. The zero-order valence-electron chi connectivity index (χ0n) is 17.0. The second kappa shape index (κ2) is 9.35. The minimum absolute atomic E-state index is 0.0883. The smallest absolute Gasteiger partial charge is 0.227 e. The van der Waals surface area contributed by atoms with Crippen LogP contribution in [0.3, 0.4) is 0 Å². The number of carbonyl (C=O) groups excluding carboxylic acids is 1. The quantitative estimate of drug-likeness (QED) is 0.544. The summed E-state index contributed by atoms with van der Waals surface area (Å²) < 4.78 is 11.3. The Morgan fingerprint density at radius 2 is 2.03 bits per heavy atom. The van der Waals surface area contributed by atoms with Crippen molar-refractivity contribution in [2.75, 3.05) is 13.7 Å². The predicted octanol–water partition coefficient (Wildman–Crippen LogP) is 5.22. The van der Waals surface area contributed by atoms with Gasteiger partial charge in [-0.25, -0.2) is 4.98 Å². The minimum Gasteiger partial charge on any atom is -0.497 e. The van der Waals surface area contributed by atoms with E-state index < -0.39 is 0 Å². The van der Waals surface area contributed by atoms with Gasteiger partial charge in [-0.2, -0.15) is 0 Å². The fourth-order valence-corrected chi connectivity index (χ4v) is 4.03. The number of piperidine rings is 1. The lowest BCUT2D eigenvalue weighted by Crippen LogP contribution is -2.39. The monoisotopic (exact) mass is 424 g/mol. The number of nitrogens with zero attached hydrogens (tertiary/aromatic N) is 2. The first kappa shape index (κ1) is 20.5. The Bertz CT molecular complexity index is 1000. The van der Waals surface area contributed by atoms with Crippen molar-refractivity contribution in [3.05, 3.63) is 82.5 Å². The maximum atomic E-state index is 13.1. The van der Waals surface area contributed by atoms with E-state index in [0.717, 1.165) is 48.4 Å². The molecule has 3 aromatic rings. The summed E-state index contributed by atoms with van der Waals surface area (Å²) in [6.45, 7) is 0.725. The number of rotatable bonds is 6. The summed E-state index contributed by atoms with van der Waals surface area (Å²) in [6.07, 6.45) is 5.68. The average Bonchev–Trinajstić information content (AvgIpc) is 3.24. The summed E-state index contributed by atoms with van der Waals surface area (Å²) in [5, 5.41) is 0.712. The van der Waals surface area contributed by atoms with Crippen LogP contribution in [0.5, 0.6) is 5.75 Å². The summed E-state index contributed by atoms with van der Waals surface area (Å²) in [5.74, 6) is 2.26. The van der Waals surface area contributed by atoms with E-state index in [1.807, 2.05) is 53.4 Å². The summed E-state index contributed by atoms with van der Waals surface area (Å²) in [7, 11) is 1.63. The lowest BCUT2D eigenvalue weighted by atomic mass is 10.0. The maximum absolute atomic E-state index is 13.1. The largest absolute Gasteiger partial charge is 0.497 e. The Hall–Kier alpha value is -2.79. The highest BCUT2D eigenvalue weighted by atomic mass is 35.5. The van der Waals surface area contributed by atoms with Gasteiger partial charge in [-0.3, -0.25) is 4.79 Å². The van der Waals surface area contributed by atoms with E-state index in [9.17, 15) is 4.79 Å². The van der Waals surface area contributed by atoms with Gasteiger partial charge in [-0.1, -0.05) is 35.9 Å². The fraction of sp³-hybridized carbons (Fsp3) is 0.333. The molecule has 0 N–H and O–H groups in total. The Balaban J connectivity index is 1.47. The van der Waals surface area contributed by atoms with Crippen molar-refractivity contribution in [2.24, 2.45) is 0 Å². The van der Waals surface area contributed by atoms with E-state index in [-0.39, 0.29) is 11.9 Å². The number of ether oxygens (including phenoxy) is 1. The molecule has 0 aliphatic carbocycles. The van der Waals surface area contributed by atoms with Gasteiger partial charge in [0.05, 0.1) is 19.7 Å². The van der Waals surface area contributed by atoms with E-state index in [1.54, 1.807) is 13.3 Å². The molecule has 2 aromatic carbocycles. The number of methoxy groups -OCH3 is 1. The molecule has 0 spiro atoms. The first-order chi connectivity index (χ1) is 14.6. The molecular weight excluding hydrogens is 400 g/mol. The summed E-state index contributed by atoms with van der Waals surface area (Å²) in [4.78, 5) is 19.5. The third kappa shape index (κ3) is 4.85. The molecule has 5 nitrogen and oxygen atoms in total. The van der Waals surface area contributed by atoms with Crippen molar-refractivity contribution < 1.29 is 13.9 Å². The molecule has 1 saturated heterocycles. The van der Waals surface area contributed by atoms with Crippen LogP contribution in [0.25, 0.3) is 0 Å². The first-order valence-electron chi connectivity index (χ1n) is 10.2. The van der Waals surface area contributed by atoms with Crippen LogP contribution in [-0.2, 0) is 17.6 Å². The number of aromatic nitrogens is 1. The van der Waals surface area contributed by atoms with Crippen molar-refractivity contribution in [3.63, 3.8) is 0 Å². The third-order valence-corrected chi connectivity index (χ3v) is 5.71. The maximum Gasteiger partial charge on any atom is 0.227 e. The number of hydrogen-bond acceptors (Lipinski definition) is 4. The van der Waals surface area contributed by atoms with Gasteiger partial charge < -0.3 is 14.1 Å². The van der Waals surface area contributed by atoms with Crippen LogP contribution in [-0.4, -0.2) is 29.4 Å². The molecule has 4 rings (SSSR count). The fourth-order valence-electron chi connectivity index (χ4n) is 3.91. The number of likely N-dealkylation sites (tertiary alicyclic amines) is 1. The standard InChI is InChI=1S/C24H25ClN2O3/c1-29-20-6-4-5-18(14-20)15-23(28)27-12-3-2-7-22(27)24-26-16-21(30-24)13-17-8-10-19(25)11-9-17/h4-6,8-11,14,16,22H,2-3,7,12-13,15H2,1H3. The van der Waals surface area contributed by atoms with Gasteiger partial charge in [0.2, 0.25) is 11.8 Å². The molecule has 1 aliphatic heterocycles. The second-order valence-corrected chi connectivity index (χ2v) is 8.03. The highest BCUT2D eigenvalue weighted by molar-refractivity contribution is 6.30. The topological polar surface area (TPSA) is 55.6 Å². The average molecular weight is 425 g/mol. The number of hydrogen-bond donors (Lipinski definition) is 0. The van der Waals surface area contributed by atoms with Crippen molar-refractivity contribution in [3.8, 4) is 5.75 Å². The number of amides is 1. The molecule has 1 amide bonds. The van der Waals surface area contributed by atoms with Crippen LogP contribution >= 0.6 is 11.6 Å². The minimum atomic E-state index is -0.115. The van der Waals surface area contributed by atoms with Crippen LogP contribution in [0.4, 0.5) is 0 Å². The van der Waals surface area contributed by atoms with Gasteiger partial charge >= 0.3 is 0 Å². The highest BCUT2D eigenvalue weighted by Gasteiger charge is 2.31. The lowest BCUT2D eigenvalue weighted by Gasteiger charge is -2.34. The molecule has 1 aromatic heterocycles. The van der Waals surface area contributed by atoms with Crippen LogP contribution in [0.2, 0.25) is 5.02 Å². The van der Waals surface area contributed by atoms with E-state index in [1.165, 1.54) is 0 Å². The Morgan fingerprint density at radius 1 is 1.20 bits per heavy atom. The van der Waals surface area contributed by atoms with Crippen molar-refractivity contribution in [2.45, 2.75) is 38.1 Å². The zero-order chi connectivity index (χ0) is 20.9. The molecule has 2 heterocycles. The Labute approximate surface area is 181 Å². The predicted molar refractivity (Wildman–Crippen MR) is 116 cm³/mol. The number of oxazole rings is 1.